The number of nitrogens with zero attached hydrogens (tertiary/aromatic N) is 1. The van der Waals surface area contributed by atoms with E-state index in [1.807, 2.05) is 31.2 Å². The molecule has 1 fully saturated rings. The molecule has 1 N–H and O–H groups in total. The fourth-order valence-electron chi connectivity index (χ4n) is 4.44. The second-order valence-electron chi connectivity index (χ2n) is 8.57. The van der Waals surface area contributed by atoms with Gasteiger partial charge in [-0.2, -0.15) is 0 Å². The number of nitrogens with one attached hydrogen (secondary N) is 1. The van der Waals surface area contributed by atoms with Crippen molar-refractivity contribution >= 4 is 23.5 Å². The highest BCUT2D eigenvalue weighted by Gasteiger charge is 2.45. The van der Waals surface area contributed by atoms with Gasteiger partial charge < -0.3 is 19.5 Å². The Morgan fingerprint density at radius 1 is 1.14 bits per heavy atom. The molecule has 1 aliphatic rings. The van der Waals surface area contributed by atoms with Crippen LogP contribution in [0.2, 0.25) is 5.02 Å². The first-order valence-corrected chi connectivity index (χ1v) is 12.6. The lowest BCUT2D eigenvalue weighted by atomic mass is 9.86. The molecule has 8 heteroatoms. The predicted octanol–water partition coefficient (Wildman–Crippen LogP) is 4.64. The third kappa shape index (κ3) is 6.97. The van der Waals surface area contributed by atoms with Gasteiger partial charge in [-0.3, -0.25) is 9.69 Å². The smallest absolute Gasteiger partial charge is 0.338 e. The molecule has 1 saturated heterocycles. The van der Waals surface area contributed by atoms with E-state index in [4.69, 9.17) is 25.8 Å². The number of likely N-dealkylation sites (N-methyl/N-ethyl adjacent to an activating group) is 1. The van der Waals surface area contributed by atoms with E-state index in [1.54, 1.807) is 31.2 Å². The highest BCUT2D eigenvalue weighted by atomic mass is 35.5. The van der Waals surface area contributed by atoms with Gasteiger partial charge >= 0.3 is 5.97 Å². The van der Waals surface area contributed by atoms with Crippen LogP contribution in [0.3, 0.4) is 0 Å². The van der Waals surface area contributed by atoms with Gasteiger partial charge in [-0.25, -0.2) is 4.79 Å². The molecule has 0 aliphatic carbocycles. The van der Waals surface area contributed by atoms with E-state index in [9.17, 15) is 9.59 Å². The van der Waals surface area contributed by atoms with Gasteiger partial charge in [0.05, 0.1) is 18.2 Å². The van der Waals surface area contributed by atoms with Crippen molar-refractivity contribution in [1.29, 1.82) is 0 Å². The molecule has 2 aromatic rings. The summed E-state index contributed by atoms with van der Waals surface area (Å²) in [5.41, 5.74) is 0.733. The summed E-state index contributed by atoms with van der Waals surface area (Å²) in [4.78, 5) is 27.8. The zero-order chi connectivity index (χ0) is 25.3. The summed E-state index contributed by atoms with van der Waals surface area (Å²) < 4.78 is 16.6. The third-order valence-corrected chi connectivity index (χ3v) is 6.66. The first-order valence-electron chi connectivity index (χ1n) is 12.2. The quantitative estimate of drug-likeness (QED) is 0.451. The van der Waals surface area contributed by atoms with Crippen molar-refractivity contribution in [1.82, 2.24) is 10.2 Å². The van der Waals surface area contributed by atoms with Crippen molar-refractivity contribution in [2.45, 2.75) is 45.2 Å². The summed E-state index contributed by atoms with van der Waals surface area (Å²) in [7, 11) is 0. The first kappa shape index (κ1) is 27.0. The molecule has 35 heavy (non-hydrogen) atoms. The third-order valence-electron chi connectivity index (χ3n) is 6.43. The summed E-state index contributed by atoms with van der Waals surface area (Å²) in [6.45, 7) is 8.91. The molecule has 2 aromatic carbocycles. The summed E-state index contributed by atoms with van der Waals surface area (Å²) in [6, 6.07) is 14.2. The van der Waals surface area contributed by atoms with Crippen molar-refractivity contribution in [3.05, 3.63) is 64.7 Å². The number of esters is 1. The van der Waals surface area contributed by atoms with E-state index in [0.717, 1.165) is 5.56 Å². The Hall–Kier alpha value is -2.61. The molecule has 0 saturated carbocycles. The Labute approximate surface area is 212 Å². The number of amides is 1. The maximum absolute atomic E-state index is 13.7. The van der Waals surface area contributed by atoms with Crippen molar-refractivity contribution in [3.63, 3.8) is 0 Å². The molecule has 1 amide bonds. The van der Waals surface area contributed by atoms with Gasteiger partial charge in [0.15, 0.2) is 0 Å². The molecule has 0 aromatic heterocycles. The Balaban J connectivity index is 1.68. The van der Waals surface area contributed by atoms with E-state index < -0.39 is 5.54 Å². The van der Waals surface area contributed by atoms with Crippen LogP contribution in [-0.4, -0.2) is 61.8 Å². The molecule has 0 spiro atoms. The van der Waals surface area contributed by atoms with E-state index in [2.05, 4.69) is 17.1 Å². The molecule has 7 nitrogen and oxygen atoms in total. The summed E-state index contributed by atoms with van der Waals surface area (Å²) in [5, 5.41) is 3.82. The molecular weight excluding hydrogens is 468 g/mol. The maximum Gasteiger partial charge on any atom is 0.338 e. The number of halogens is 1. The lowest BCUT2D eigenvalue weighted by molar-refractivity contribution is -0.141. The summed E-state index contributed by atoms with van der Waals surface area (Å²) in [6.07, 6.45) is 1.22. The van der Waals surface area contributed by atoms with Crippen molar-refractivity contribution in [2.75, 3.05) is 39.5 Å². The van der Waals surface area contributed by atoms with Gasteiger partial charge in [0.2, 0.25) is 5.91 Å². The molecule has 1 aliphatic heterocycles. The van der Waals surface area contributed by atoms with Gasteiger partial charge in [0.25, 0.3) is 0 Å². The fraction of sp³-hybridized carbons (Fsp3) is 0.481. The minimum absolute atomic E-state index is 0.0209. The molecule has 190 valence electrons. The average molecular weight is 503 g/mol. The minimum Gasteiger partial charge on any atom is -0.492 e. The van der Waals surface area contributed by atoms with Crippen molar-refractivity contribution < 1.29 is 23.8 Å². The number of carbonyl (C=O) groups excluding carboxylic acids is 2. The van der Waals surface area contributed by atoms with E-state index >= 15 is 0 Å². The van der Waals surface area contributed by atoms with Gasteiger partial charge in [-0.1, -0.05) is 36.7 Å². The fourth-order valence-corrected chi connectivity index (χ4v) is 4.62. The number of hydrogen-bond donors (Lipinski definition) is 1. The maximum atomic E-state index is 13.7. The SMILES string of the molecule is CCOC(=O)c1ccc(C(C)NC(=O)C2(N(CC)CCOc3cccc(Cl)c3)CCOCC2)cc1. The average Bonchev–Trinajstić information content (AvgIpc) is 2.87. The second kappa shape index (κ2) is 12.9. The molecule has 1 heterocycles. The molecule has 0 bridgehead atoms. The van der Waals surface area contributed by atoms with Crippen LogP contribution < -0.4 is 10.1 Å². The molecule has 1 unspecified atom stereocenters. The van der Waals surface area contributed by atoms with Gasteiger partial charge in [-0.05, 0) is 69.1 Å². The van der Waals surface area contributed by atoms with Crippen LogP contribution in [-0.2, 0) is 14.3 Å². The van der Waals surface area contributed by atoms with E-state index in [1.165, 1.54) is 0 Å². The van der Waals surface area contributed by atoms with Gasteiger partial charge in [-0.15, -0.1) is 0 Å². The van der Waals surface area contributed by atoms with Crippen LogP contribution in [0.4, 0.5) is 0 Å². The summed E-state index contributed by atoms with van der Waals surface area (Å²) >= 11 is 6.06. The predicted molar refractivity (Wildman–Crippen MR) is 136 cm³/mol. The number of carbonyl (C=O) groups is 2. The monoisotopic (exact) mass is 502 g/mol. The minimum atomic E-state index is -0.677. The largest absolute Gasteiger partial charge is 0.492 e. The van der Waals surface area contributed by atoms with Crippen molar-refractivity contribution in [2.24, 2.45) is 0 Å². The van der Waals surface area contributed by atoms with Crippen LogP contribution >= 0.6 is 11.6 Å². The Kier molecular flexibility index (Phi) is 9.95. The molecule has 3 rings (SSSR count). The summed E-state index contributed by atoms with van der Waals surface area (Å²) in [5.74, 6) is 0.335. The zero-order valence-corrected chi connectivity index (χ0v) is 21.5. The Morgan fingerprint density at radius 3 is 2.49 bits per heavy atom. The number of ether oxygens (including phenoxy) is 3. The van der Waals surface area contributed by atoms with Gasteiger partial charge in [0.1, 0.15) is 17.9 Å². The molecule has 0 radical (unpaired) electrons. The van der Waals surface area contributed by atoms with Crippen LogP contribution in [0.1, 0.15) is 55.6 Å². The number of rotatable bonds is 11. The highest BCUT2D eigenvalue weighted by molar-refractivity contribution is 6.30. The van der Waals surface area contributed by atoms with Crippen LogP contribution in [0.25, 0.3) is 0 Å². The Morgan fingerprint density at radius 2 is 1.86 bits per heavy atom. The van der Waals surface area contributed by atoms with E-state index in [-0.39, 0.29) is 17.9 Å². The van der Waals surface area contributed by atoms with Gasteiger partial charge in [0, 0.05) is 24.8 Å². The zero-order valence-electron chi connectivity index (χ0n) is 20.7. The lowest BCUT2D eigenvalue weighted by Crippen LogP contribution is -2.62. The number of hydrogen-bond acceptors (Lipinski definition) is 6. The first-order chi connectivity index (χ1) is 16.9. The standard InChI is InChI=1S/C27H35ClN2O5/c1-4-30(15-18-35-24-8-6-7-23(28)19-24)27(13-16-33-17-14-27)26(32)29-20(3)21-9-11-22(12-10-21)25(31)34-5-2/h6-12,19-20H,4-5,13-18H2,1-3H3,(H,29,32). The highest BCUT2D eigenvalue weighted by Crippen LogP contribution is 2.30. The molecular formula is C27H35ClN2O5. The van der Waals surface area contributed by atoms with Crippen molar-refractivity contribution in [3.8, 4) is 5.75 Å². The lowest BCUT2D eigenvalue weighted by Gasteiger charge is -2.45. The Bertz CT molecular complexity index is 976. The normalized spacial score (nSPS) is 15.9. The topological polar surface area (TPSA) is 77.1 Å². The molecule has 1 atom stereocenters. The number of benzene rings is 2. The van der Waals surface area contributed by atoms with Crippen LogP contribution in [0.15, 0.2) is 48.5 Å². The van der Waals surface area contributed by atoms with E-state index in [0.29, 0.717) is 68.7 Å². The second-order valence-corrected chi connectivity index (χ2v) is 9.00. The van der Waals surface area contributed by atoms with Crippen LogP contribution in [0.5, 0.6) is 5.75 Å². The van der Waals surface area contributed by atoms with Crippen LogP contribution in [0, 0.1) is 0 Å².